The highest BCUT2D eigenvalue weighted by molar-refractivity contribution is 7.14. The van der Waals surface area contributed by atoms with E-state index in [-0.39, 0.29) is 29.1 Å². The normalized spacial score (nSPS) is 13.6. The van der Waals surface area contributed by atoms with Crippen molar-refractivity contribution < 1.29 is 9.59 Å². The summed E-state index contributed by atoms with van der Waals surface area (Å²) in [6, 6.07) is 13.2. The fraction of sp³-hybridized carbons (Fsp3) is 0.333. The second-order valence-electron chi connectivity index (χ2n) is 11.3. The Morgan fingerprint density at radius 3 is 2.55 bits per heavy atom. The number of nitrogen functional groups attached to an aromatic ring is 1. The number of thiophene rings is 1. The van der Waals surface area contributed by atoms with E-state index in [9.17, 15) is 14.4 Å². The van der Waals surface area contributed by atoms with Crippen LogP contribution in [0, 0.1) is 19.8 Å². The molecule has 230 valence electrons. The standard InChI is InChI=1S/C33H39N7O3S/c1-5-7-22-16-29(44-20(22)3)32(42)38-26-9-6-8-24(19(26)2)27-18-39(4)33(43)31(37-27)36-23-10-11-28(25(34)17-23)40-14-12-21(13-15-40)30(35)41/h6,8-11,16-18,21H,5,7,12-15,34H2,1-4H3,(H2,35,41)(H,36,37)(H,38,42). The quantitative estimate of drug-likeness (QED) is 0.186. The Labute approximate surface area is 261 Å². The van der Waals surface area contributed by atoms with Gasteiger partial charge in [-0.15, -0.1) is 11.3 Å². The van der Waals surface area contributed by atoms with E-state index in [0.29, 0.717) is 53.6 Å². The number of nitrogens with one attached hydrogen (secondary N) is 2. The van der Waals surface area contributed by atoms with Crippen LogP contribution in [0.25, 0.3) is 11.3 Å². The number of carbonyl (C=O) groups is 2. The molecule has 2 amide bonds. The second-order valence-corrected chi connectivity index (χ2v) is 12.6. The molecule has 2 aromatic carbocycles. The monoisotopic (exact) mass is 613 g/mol. The van der Waals surface area contributed by atoms with Gasteiger partial charge >= 0.3 is 0 Å². The van der Waals surface area contributed by atoms with Crippen molar-refractivity contribution in [2.75, 3.05) is 34.4 Å². The van der Waals surface area contributed by atoms with Crippen LogP contribution in [0.3, 0.4) is 0 Å². The van der Waals surface area contributed by atoms with E-state index in [4.69, 9.17) is 11.5 Å². The van der Waals surface area contributed by atoms with Gasteiger partial charge in [0.1, 0.15) is 0 Å². The number of aryl methyl sites for hydroxylation is 3. The van der Waals surface area contributed by atoms with Crippen LogP contribution in [-0.4, -0.2) is 34.5 Å². The SMILES string of the molecule is CCCc1cc(C(=O)Nc2cccc(-c3cn(C)c(=O)c(Nc4ccc(N5CCC(C(N)=O)CC5)c(N)c4)n3)c2C)sc1C. The molecule has 0 spiro atoms. The zero-order chi connectivity index (χ0) is 31.5. The molecule has 6 N–H and O–H groups in total. The number of aromatic nitrogens is 2. The van der Waals surface area contributed by atoms with Crippen molar-refractivity contribution in [2.45, 2.75) is 46.5 Å². The van der Waals surface area contributed by atoms with Gasteiger partial charge in [-0.1, -0.05) is 25.5 Å². The van der Waals surface area contributed by atoms with Gasteiger partial charge in [-0.05, 0) is 74.6 Å². The molecule has 0 radical (unpaired) electrons. The van der Waals surface area contributed by atoms with Gasteiger partial charge in [0.25, 0.3) is 11.5 Å². The van der Waals surface area contributed by atoms with Crippen molar-refractivity contribution in [1.82, 2.24) is 9.55 Å². The minimum absolute atomic E-state index is 0.104. The fourth-order valence-corrected chi connectivity index (χ4v) is 6.63. The number of nitrogens with zero attached hydrogens (tertiary/aromatic N) is 3. The maximum absolute atomic E-state index is 13.1. The fourth-order valence-electron chi connectivity index (χ4n) is 5.66. The Morgan fingerprint density at radius 1 is 1.11 bits per heavy atom. The van der Waals surface area contributed by atoms with Gasteiger partial charge in [-0.2, -0.15) is 0 Å². The number of carbonyl (C=O) groups excluding carboxylic acids is 2. The first-order valence-electron chi connectivity index (χ1n) is 14.8. The predicted octanol–water partition coefficient (Wildman–Crippen LogP) is 5.36. The highest BCUT2D eigenvalue weighted by Gasteiger charge is 2.24. The molecule has 10 nitrogen and oxygen atoms in total. The molecule has 0 saturated carbocycles. The summed E-state index contributed by atoms with van der Waals surface area (Å²) >= 11 is 1.51. The summed E-state index contributed by atoms with van der Waals surface area (Å²) in [5.74, 6) is -0.345. The Morgan fingerprint density at radius 2 is 1.86 bits per heavy atom. The summed E-state index contributed by atoms with van der Waals surface area (Å²) in [5, 5.41) is 6.21. The molecular formula is C33H39N7O3S. The number of hydrogen-bond donors (Lipinski definition) is 4. The largest absolute Gasteiger partial charge is 0.397 e. The summed E-state index contributed by atoms with van der Waals surface area (Å²) in [7, 11) is 1.68. The molecule has 0 bridgehead atoms. The number of piperidine rings is 1. The van der Waals surface area contributed by atoms with Crippen molar-refractivity contribution >= 4 is 51.7 Å². The number of amides is 2. The zero-order valence-electron chi connectivity index (χ0n) is 25.6. The summed E-state index contributed by atoms with van der Waals surface area (Å²) in [6.45, 7) is 7.50. The first-order chi connectivity index (χ1) is 21.0. The van der Waals surface area contributed by atoms with Gasteiger partial charge in [0.15, 0.2) is 5.82 Å². The van der Waals surface area contributed by atoms with Crippen molar-refractivity contribution in [3.8, 4) is 11.3 Å². The molecule has 0 atom stereocenters. The molecule has 3 heterocycles. The molecule has 1 fully saturated rings. The van der Waals surface area contributed by atoms with Gasteiger partial charge in [0.05, 0.1) is 21.9 Å². The number of benzene rings is 2. The average molecular weight is 614 g/mol. The first-order valence-corrected chi connectivity index (χ1v) is 15.7. The van der Waals surface area contributed by atoms with E-state index >= 15 is 0 Å². The second kappa shape index (κ2) is 12.9. The minimum atomic E-state index is -0.289. The van der Waals surface area contributed by atoms with E-state index in [2.05, 4.69) is 34.4 Å². The Bertz CT molecular complexity index is 1770. The van der Waals surface area contributed by atoms with Crippen LogP contribution in [0.2, 0.25) is 0 Å². The minimum Gasteiger partial charge on any atom is -0.397 e. The molecule has 2 aromatic heterocycles. The smallest absolute Gasteiger partial charge is 0.293 e. The van der Waals surface area contributed by atoms with E-state index in [1.165, 1.54) is 21.5 Å². The average Bonchev–Trinajstić information content (AvgIpc) is 3.37. The summed E-state index contributed by atoms with van der Waals surface area (Å²) in [6.07, 6.45) is 5.06. The molecule has 1 aliphatic rings. The van der Waals surface area contributed by atoms with Crippen LogP contribution in [0.15, 0.2) is 53.5 Å². The van der Waals surface area contributed by atoms with Crippen LogP contribution < -0.4 is 32.6 Å². The predicted molar refractivity (Wildman–Crippen MR) is 179 cm³/mol. The lowest BCUT2D eigenvalue weighted by Crippen LogP contribution is -2.38. The molecule has 0 unspecified atom stereocenters. The third-order valence-corrected chi connectivity index (χ3v) is 9.31. The lowest BCUT2D eigenvalue weighted by Gasteiger charge is -2.33. The third kappa shape index (κ3) is 6.47. The molecular weight excluding hydrogens is 574 g/mol. The lowest BCUT2D eigenvalue weighted by atomic mass is 9.96. The molecule has 4 aromatic rings. The molecule has 0 aliphatic carbocycles. The first kappa shape index (κ1) is 30.8. The number of rotatable bonds is 9. The summed E-state index contributed by atoms with van der Waals surface area (Å²) < 4.78 is 1.49. The lowest BCUT2D eigenvalue weighted by molar-refractivity contribution is -0.122. The van der Waals surface area contributed by atoms with Gasteiger partial charge in [0.2, 0.25) is 5.91 Å². The zero-order valence-corrected chi connectivity index (χ0v) is 26.4. The van der Waals surface area contributed by atoms with Crippen LogP contribution in [0.4, 0.5) is 28.6 Å². The summed E-state index contributed by atoms with van der Waals surface area (Å²) in [4.78, 5) is 46.4. The molecule has 11 heteroatoms. The van der Waals surface area contributed by atoms with Crippen LogP contribution in [0.1, 0.15) is 51.9 Å². The molecule has 44 heavy (non-hydrogen) atoms. The number of nitrogens with two attached hydrogens (primary N) is 2. The summed E-state index contributed by atoms with van der Waals surface area (Å²) in [5.41, 5.74) is 17.8. The highest BCUT2D eigenvalue weighted by Crippen LogP contribution is 2.32. The van der Waals surface area contributed by atoms with Crippen molar-refractivity contribution in [3.05, 3.63) is 79.9 Å². The van der Waals surface area contributed by atoms with Crippen molar-refractivity contribution in [1.29, 1.82) is 0 Å². The number of hydrogen-bond acceptors (Lipinski definition) is 8. The molecule has 5 rings (SSSR count). The van der Waals surface area contributed by atoms with Crippen molar-refractivity contribution in [2.24, 2.45) is 18.7 Å². The highest BCUT2D eigenvalue weighted by atomic mass is 32.1. The Kier molecular flexibility index (Phi) is 9.05. The van der Waals surface area contributed by atoms with Gasteiger partial charge < -0.3 is 31.6 Å². The van der Waals surface area contributed by atoms with Crippen molar-refractivity contribution in [3.63, 3.8) is 0 Å². The Hall–Kier alpha value is -4.64. The topological polar surface area (TPSA) is 148 Å². The Balaban J connectivity index is 1.36. The van der Waals surface area contributed by atoms with E-state index in [1.807, 2.05) is 43.3 Å². The van der Waals surface area contributed by atoms with Crippen LogP contribution >= 0.6 is 11.3 Å². The van der Waals surface area contributed by atoms with E-state index < -0.39 is 0 Å². The van der Waals surface area contributed by atoms with E-state index in [0.717, 1.165) is 34.5 Å². The van der Waals surface area contributed by atoms with Gasteiger partial charge in [-0.25, -0.2) is 4.98 Å². The molecule has 1 aliphatic heterocycles. The van der Waals surface area contributed by atoms with Gasteiger partial charge in [0, 0.05) is 54.1 Å². The van der Waals surface area contributed by atoms with Crippen LogP contribution in [0.5, 0.6) is 0 Å². The maximum Gasteiger partial charge on any atom is 0.293 e. The van der Waals surface area contributed by atoms with Gasteiger partial charge in [-0.3, -0.25) is 14.4 Å². The molecule has 1 saturated heterocycles. The number of anilines is 5. The number of primary amides is 1. The van der Waals surface area contributed by atoms with Crippen LogP contribution in [-0.2, 0) is 18.3 Å². The van der Waals surface area contributed by atoms with E-state index in [1.54, 1.807) is 19.3 Å². The maximum atomic E-state index is 13.1. The third-order valence-electron chi connectivity index (χ3n) is 8.22.